The average Bonchev–Trinajstić information content (AvgIpc) is 2.64. The SMILES string of the molecule is O=S(=O)(CC1CCCO1)NC1CC1. The Bertz CT molecular complexity index is 265. The molecule has 5 heteroatoms. The van der Waals surface area contributed by atoms with Gasteiger partial charge in [0.25, 0.3) is 0 Å². The molecule has 2 rings (SSSR count). The summed E-state index contributed by atoms with van der Waals surface area (Å²) in [4.78, 5) is 0. The minimum atomic E-state index is -3.08. The molecule has 1 unspecified atom stereocenters. The Morgan fingerprint density at radius 1 is 1.31 bits per heavy atom. The van der Waals surface area contributed by atoms with E-state index in [4.69, 9.17) is 4.74 Å². The van der Waals surface area contributed by atoms with E-state index >= 15 is 0 Å². The molecule has 0 aromatic rings. The molecule has 76 valence electrons. The summed E-state index contributed by atoms with van der Waals surface area (Å²) < 4.78 is 30.8. The molecule has 0 aromatic heterocycles. The summed E-state index contributed by atoms with van der Waals surface area (Å²) in [5.74, 6) is 0.142. The van der Waals surface area contributed by atoms with Gasteiger partial charge in [0, 0.05) is 12.6 Å². The maximum Gasteiger partial charge on any atom is 0.214 e. The predicted octanol–water partition coefficient (Wildman–Crippen LogP) is 0.247. The molecule has 0 aromatic carbocycles. The molecule has 2 aliphatic rings. The van der Waals surface area contributed by atoms with E-state index in [1.165, 1.54) is 0 Å². The first-order valence-electron chi connectivity index (χ1n) is 4.77. The second-order valence-electron chi connectivity index (χ2n) is 3.81. The molecule has 2 fully saturated rings. The van der Waals surface area contributed by atoms with Crippen molar-refractivity contribution in [1.29, 1.82) is 0 Å². The Hall–Kier alpha value is -0.130. The van der Waals surface area contributed by atoms with Crippen molar-refractivity contribution >= 4 is 10.0 Å². The van der Waals surface area contributed by atoms with Crippen LogP contribution in [0.4, 0.5) is 0 Å². The lowest BCUT2D eigenvalue weighted by atomic mass is 10.3. The highest BCUT2D eigenvalue weighted by Crippen LogP contribution is 2.21. The first-order chi connectivity index (χ1) is 6.16. The Morgan fingerprint density at radius 3 is 2.62 bits per heavy atom. The summed E-state index contributed by atoms with van der Waals surface area (Å²) in [6.45, 7) is 0.712. The fourth-order valence-electron chi connectivity index (χ4n) is 1.52. The number of rotatable bonds is 4. The van der Waals surface area contributed by atoms with E-state index in [1.807, 2.05) is 0 Å². The van der Waals surface area contributed by atoms with Crippen LogP contribution in [0.3, 0.4) is 0 Å². The normalized spacial score (nSPS) is 29.4. The lowest BCUT2D eigenvalue weighted by molar-refractivity contribution is 0.127. The topological polar surface area (TPSA) is 55.4 Å². The van der Waals surface area contributed by atoms with Gasteiger partial charge in [0.2, 0.25) is 10.0 Å². The summed E-state index contributed by atoms with van der Waals surface area (Å²) in [5.41, 5.74) is 0. The Labute approximate surface area is 78.7 Å². The molecule has 0 radical (unpaired) electrons. The summed E-state index contributed by atoms with van der Waals surface area (Å²) in [6.07, 6.45) is 3.78. The van der Waals surface area contributed by atoms with Crippen LogP contribution in [0.1, 0.15) is 25.7 Å². The second kappa shape index (κ2) is 3.55. The lowest BCUT2D eigenvalue weighted by Crippen LogP contribution is -2.33. The van der Waals surface area contributed by atoms with Crippen LogP contribution in [0.15, 0.2) is 0 Å². The molecule has 1 saturated carbocycles. The van der Waals surface area contributed by atoms with E-state index in [0.29, 0.717) is 6.61 Å². The molecule has 1 aliphatic heterocycles. The van der Waals surface area contributed by atoms with Crippen molar-refractivity contribution in [2.24, 2.45) is 0 Å². The average molecular weight is 205 g/mol. The van der Waals surface area contributed by atoms with E-state index in [0.717, 1.165) is 25.7 Å². The highest BCUT2D eigenvalue weighted by atomic mass is 32.2. The maximum atomic E-state index is 11.4. The zero-order chi connectivity index (χ0) is 9.31. The Balaban J connectivity index is 1.83. The summed E-state index contributed by atoms with van der Waals surface area (Å²) in [6, 6.07) is 0.214. The van der Waals surface area contributed by atoms with Gasteiger partial charge in [0.1, 0.15) is 0 Å². The van der Waals surface area contributed by atoms with E-state index < -0.39 is 10.0 Å². The van der Waals surface area contributed by atoms with E-state index in [1.54, 1.807) is 0 Å². The third-order valence-electron chi connectivity index (χ3n) is 2.35. The van der Waals surface area contributed by atoms with Crippen LogP contribution in [-0.4, -0.2) is 32.9 Å². The molecule has 1 saturated heterocycles. The van der Waals surface area contributed by atoms with Gasteiger partial charge in [-0.05, 0) is 25.7 Å². The first kappa shape index (κ1) is 9.43. The number of nitrogens with one attached hydrogen (secondary N) is 1. The Kier molecular flexibility index (Phi) is 2.58. The van der Waals surface area contributed by atoms with Crippen LogP contribution in [0.5, 0.6) is 0 Å². The van der Waals surface area contributed by atoms with E-state index in [2.05, 4.69) is 4.72 Å². The predicted molar refractivity (Wildman–Crippen MR) is 48.9 cm³/mol. The van der Waals surface area contributed by atoms with Gasteiger partial charge < -0.3 is 4.74 Å². The minimum absolute atomic E-state index is 0.0729. The molecule has 4 nitrogen and oxygen atoms in total. The highest BCUT2D eigenvalue weighted by molar-refractivity contribution is 7.89. The van der Waals surface area contributed by atoms with Crippen LogP contribution >= 0.6 is 0 Å². The zero-order valence-corrected chi connectivity index (χ0v) is 8.35. The second-order valence-corrected chi connectivity index (χ2v) is 5.61. The molecular formula is C8H15NO3S. The molecular weight excluding hydrogens is 190 g/mol. The lowest BCUT2D eigenvalue weighted by Gasteiger charge is -2.10. The summed E-state index contributed by atoms with van der Waals surface area (Å²) >= 11 is 0. The van der Waals surface area contributed by atoms with Gasteiger partial charge in [-0.25, -0.2) is 13.1 Å². The van der Waals surface area contributed by atoms with Crippen LogP contribution in [0, 0.1) is 0 Å². The molecule has 0 bridgehead atoms. The molecule has 1 N–H and O–H groups in total. The van der Waals surface area contributed by atoms with Crippen molar-refractivity contribution in [3.8, 4) is 0 Å². The van der Waals surface area contributed by atoms with E-state index in [9.17, 15) is 8.42 Å². The number of sulfonamides is 1. The van der Waals surface area contributed by atoms with Crippen molar-refractivity contribution in [3.63, 3.8) is 0 Å². The molecule has 1 heterocycles. The molecule has 0 spiro atoms. The van der Waals surface area contributed by atoms with Gasteiger partial charge in [-0.2, -0.15) is 0 Å². The fourth-order valence-corrected chi connectivity index (χ4v) is 3.12. The van der Waals surface area contributed by atoms with Gasteiger partial charge in [-0.1, -0.05) is 0 Å². The quantitative estimate of drug-likeness (QED) is 0.715. The largest absolute Gasteiger partial charge is 0.377 e. The third kappa shape index (κ3) is 2.93. The van der Waals surface area contributed by atoms with Gasteiger partial charge in [0.15, 0.2) is 0 Å². The molecule has 1 atom stereocenters. The third-order valence-corrected chi connectivity index (χ3v) is 3.86. The van der Waals surface area contributed by atoms with Crippen molar-refractivity contribution in [1.82, 2.24) is 4.72 Å². The first-order valence-corrected chi connectivity index (χ1v) is 6.42. The number of hydrogen-bond donors (Lipinski definition) is 1. The minimum Gasteiger partial charge on any atom is -0.377 e. The molecule has 13 heavy (non-hydrogen) atoms. The van der Waals surface area contributed by atoms with Gasteiger partial charge in [-0.3, -0.25) is 0 Å². The van der Waals surface area contributed by atoms with E-state index in [-0.39, 0.29) is 17.9 Å². The van der Waals surface area contributed by atoms with Gasteiger partial charge in [0.05, 0.1) is 11.9 Å². The summed E-state index contributed by atoms with van der Waals surface area (Å²) in [5, 5.41) is 0. The fraction of sp³-hybridized carbons (Fsp3) is 1.00. The van der Waals surface area contributed by atoms with Crippen molar-refractivity contribution in [2.45, 2.75) is 37.8 Å². The zero-order valence-electron chi connectivity index (χ0n) is 7.53. The monoisotopic (exact) mass is 205 g/mol. The van der Waals surface area contributed by atoms with Crippen LogP contribution < -0.4 is 4.72 Å². The summed E-state index contributed by atoms with van der Waals surface area (Å²) in [7, 11) is -3.08. The highest BCUT2D eigenvalue weighted by Gasteiger charge is 2.29. The van der Waals surface area contributed by atoms with Crippen LogP contribution in [0.2, 0.25) is 0 Å². The molecule has 1 aliphatic carbocycles. The molecule has 0 amide bonds. The van der Waals surface area contributed by atoms with Crippen LogP contribution in [-0.2, 0) is 14.8 Å². The maximum absolute atomic E-state index is 11.4. The van der Waals surface area contributed by atoms with Crippen LogP contribution in [0.25, 0.3) is 0 Å². The standard InChI is InChI=1S/C8H15NO3S/c10-13(11,9-7-3-4-7)6-8-2-1-5-12-8/h7-9H,1-6H2. The van der Waals surface area contributed by atoms with Crippen molar-refractivity contribution in [2.75, 3.05) is 12.4 Å². The van der Waals surface area contributed by atoms with Gasteiger partial charge in [-0.15, -0.1) is 0 Å². The number of hydrogen-bond acceptors (Lipinski definition) is 3. The Morgan fingerprint density at radius 2 is 2.08 bits per heavy atom. The van der Waals surface area contributed by atoms with Crippen molar-refractivity contribution in [3.05, 3.63) is 0 Å². The van der Waals surface area contributed by atoms with Gasteiger partial charge >= 0.3 is 0 Å². The number of ether oxygens (including phenoxy) is 1. The van der Waals surface area contributed by atoms with Crippen molar-refractivity contribution < 1.29 is 13.2 Å². The smallest absolute Gasteiger partial charge is 0.214 e.